The lowest BCUT2D eigenvalue weighted by molar-refractivity contribution is -0.140. The van der Waals surface area contributed by atoms with Crippen LogP contribution >= 0.6 is 11.3 Å². The first-order valence-corrected chi connectivity index (χ1v) is 11.1. The molecule has 2 heterocycles. The van der Waals surface area contributed by atoms with Crippen LogP contribution in [0.25, 0.3) is 11.3 Å². The Kier molecular flexibility index (Phi) is 5.56. The fourth-order valence-corrected chi connectivity index (χ4v) is 5.23. The maximum absolute atomic E-state index is 12.5. The highest BCUT2D eigenvalue weighted by Gasteiger charge is 2.46. The zero-order valence-electron chi connectivity index (χ0n) is 17.4. The molecule has 1 aliphatic carbocycles. The van der Waals surface area contributed by atoms with Gasteiger partial charge in [-0.15, -0.1) is 11.3 Å². The number of nitrogens with one attached hydrogen (secondary N) is 1. The van der Waals surface area contributed by atoms with Crippen LogP contribution in [-0.4, -0.2) is 34.2 Å². The second-order valence-corrected chi connectivity index (χ2v) is 8.95. The Bertz CT molecular complexity index is 1010. The molecule has 0 saturated carbocycles. The Morgan fingerprint density at radius 3 is 2.30 bits per heavy atom. The molecule has 2 aliphatic rings. The fourth-order valence-electron chi connectivity index (χ4n) is 4.51. The van der Waals surface area contributed by atoms with E-state index in [1.165, 1.54) is 21.8 Å². The van der Waals surface area contributed by atoms with Gasteiger partial charge in [0.15, 0.2) is 5.13 Å². The number of aryl methyl sites for hydroxylation is 3. The summed E-state index contributed by atoms with van der Waals surface area (Å²) in [5.41, 5.74) is 5.43. The topological polar surface area (TPSA) is 79.4 Å². The van der Waals surface area contributed by atoms with Gasteiger partial charge in [-0.3, -0.25) is 19.3 Å². The van der Waals surface area contributed by atoms with Gasteiger partial charge in [-0.05, 0) is 44.7 Å². The summed E-state index contributed by atoms with van der Waals surface area (Å²) < 4.78 is 0. The highest BCUT2D eigenvalue weighted by atomic mass is 32.1. The number of rotatable bonds is 5. The second kappa shape index (κ2) is 8.14. The molecular weight excluding hydrogens is 398 g/mol. The van der Waals surface area contributed by atoms with E-state index in [1.54, 1.807) is 0 Å². The van der Waals surface area contributed by atoms with E-state index in [2.05, 4.69) is 43.2 Å². The van der Waals surface area contributed by atoms with Crippen molar-refractivity contribution in [2.45, 2.75) is 40.0 Å². The van der Waals surface area contributed by atoms with E-state index in [-0.39, 0.29) is 42.5 Å². The third kappa shape index (κ3) is 3.81. The fraction of sp³-hybridized carbons (Fsp3) is 0.391. The molecule has 1 aliphatic heterocycles. The van der Waals surface area contributed by atoms with E-state index >= 15 is 0 Å². The summed E-state index contributed by atoms with van der Waals surface area (Å²) >= 11 is 1.37. The Morgan fingerprint density at radius 1 is 1.10 bits per heavy atom. The van der Waals surface area contributed by atoms with Gasteiger partial charge in [0, 0.05) is 23.9 Å². The first-order chi connectivity index (χ1) is 14.3. The predicted molar refractivity (Wildman–Crippen MR) is 117 cm³/mol. The highest BCUT2D eigenvalue weighted by Crippen LogP contribution is 2.35. The van der Waals surface area contributed by atoms with E-state index in [0.717, 1.165) is 22.4 Å². The number of fused-ring (bicyclic) bond motifs is 1. The molecule has 0 bridgehead atoms. The summed E-state index contributed by atoms with van der Waals surface area (Å²) in [5.74, 6) is -1.06. The molecular formula is C23H25N3O3S. The monoisotopic (exact) mass is 423 g/mol. The van der Waals surface area contributed by atoms with Gasteiger partial charge in [-0.1, -0.05) is 29.8 Å². The van der Waals surface area contributed by atoms with Gasteiger partial charge in [0.25, 0.3) is 0 Å². The summed E-state index contributed by atoms with van der Waals surface area (Å²) in [6.45, 7) is 6.30. The predicted octanol–water partition coefficient (Wildman–Crippen LogP) is 4.02. The van der Waals surface area contributed by atoms with Gasteiger partial charge in [0.1, 0.15) is 0 Å². The van der Waals surface area contributed by atoms with Crippen molar-refractivity contribution < 1.29 is 14.4 Å². The second-order valence-electron chi connectivity index (χ2n) is 8.09. The number of benzene rings is 1. The normalized spacial score (nSPS) is 20.6. The number of imide groups is 1. The SMILES string of the molecule is Cc1cc(C)c(-c2csc(NC(=O)CCN3C(=O)[C@@H]4CC=CC[C@H]4C3=O)n2)c(C)c1. The molecule has 30 heavy (non-hydrogen) atoms. The molecule has 4 rings (SSSR count). The minimum absolute atomic E-state index is 0.0713. The van der Waals surface area contributed by atoms with Gasteiger partial charge < -0.3 is 5.32 Å². The van der Waals surface area contributed by atoms with E-state index in [1.807, 2.05) is 17.5 Å². The standard InChI is InChI=1S/C23H25N3O3S/c1-13-10-14(2)20(15(3)11-13)18-12-30-23(24-18)25-19(27)8-9-26-21(28)16-6-4-5-7-17(16)22(26)29/h4-5,10-12,16-17H,6-9H2,1-3H3,(H,24,25,27)/t16-,17-/m1/s1. The maximum Gasteiger partial charge on any atom is 0.233 e. The molecule has 7 heteroatoms. The number of hydrogen-bond donors (Lipinski definition) is 1. The molecule has 2 atom stereocenters. The lowest BCUT2D eigenvalue weighted by Crippen LogP contribution is -2.34. The first-order valence-electron chi connectivity index (χ1n) is 10.2. The quantitative estimate of drug-likeness (QED) is 0.582. The van der Waals surface area contributed by atoms with Crippen molar-refractivity contribution in [1.82, 2.24) is 9.88 Å². The van der Waals surface area contributed by atoms with E-state index in [4.69, 9.17) is 0 Å². The van der Waals surface area contributed by atoms with Crippen LogP contribution in [0.5, 0.6) is 0 Å². The molecule has 1 N–H and O–H groups in total. The maximum atomic E-state index is 12.5. The average Bonchev–Trinajstić information content (AvgIpc) is 3.23. The molecule has 1 saturated heterocycles. The van der Waals surface area contributed by atoms with Crippen LogP contribution < -0.4 is 5.32 Å². The van der Waals surface area contributed by atoms with Crippen LogP contribution in [-0.2, 0) is 14.4 Å². The van der Waals surface area contributed by atoms with Crippen LogP contribution in [0.4, 0.5) is 5.13 Å². The first kappa shape index (κ1) is 20.5. The van der Waals surface area contributed by atoms with E-state index in [0.29, 0.717) is 18.0 Å². The van der Waals surface area contributed by atoms with Crippen LogP contribution in [0.3, 0.4) is 0 Å². The number of carbonyl (C=O) groups excluding carboxylic acids is 3. The minimum atomic E-state index is -0.256. The number of likely N-dealkylation sites (tertiary alicyclic amines) is 1. The average molecular weight is 424 g/mol. The number of thiazole rings is 1. The van der Waals surface area contributed by atoms with Crippen molar-refractivity contribution in [1.29, 1.82) is 0 Å². The molecule has 1 fully saturated rings. The number of allylic oxidation sites excluding steroid dienone is 2. The van der Waals surface area contributed by atoms with Crippen molar-refractivity contribution in [2.75, 3.05) is 11.9 Å². The van der Waals surface area contributed by atoms with Crippen LogP contribution in [0.2, 0.25) is 0 Å². The van der Waals surface area contributed by atoms with Gasteiger partial charge in [-0.2, -0.15) is 0 Å². The zero-order valence-corrected chi connectivity index (χ0v) is 18.2. The third-order valence-corrected chi connectivity index (χ3v) is 6.60. The van der Waals surface area contributed by atoms with Crippen LogP contribution in [0.1, 0.15) is 36.0 Å². The molecule has 0 spiro atoms. The summed E-state index contributed by atoms with van der Waals surface area (Å²) in [6.07, 6.45) is 5.21. The minimum Gasteiger partial charge on any atom is -0.302 e. The van der Waals surface area contributed by atoms with Gasteiger partial charge in [0.05, 0.1) is 17.5 Å². The molecule has 1 aromatic carbocycles. The largest absolute Gasteiger partial charge is 0.302 e. The van der Waals surface area contributed by atoms with Gasteiger partial charge in [-0.25, -0.2) is 4.98 Å². The number of carbonyl (C=O) groups is 3. The Balaban J connectivity index is 1.38. The molecule has 3 amide bonds. The molecule has 156 valence electrons. The van der Waals surface area contributed by atoms with Gasteiger partial charge >= 0.3 is 0 Å². The molecule has 2 aromatic rings. The third-order valence-electron chi connectivity index (χ3n) is 5.85. The van der Waals surface area contributed by atoms with E-state index < -0.39 is 0 Å². The molecule has 6 nitrogen and oxygen atoms in total. The summed E-state index contributed by atoms with van der Waals surface area (Å²) in [4.78, 5) is 43.2. The van der Waals surface area contributed by atoms with Crippen LogP contribution in [0.15, 0.2) is 29.7 Å². The van der Waals surface area contributed by atoms with Crippen LogP contribution in [0, 0.1) is 32.6 Å². The smallest absolute Gasteiger partial charge is 0.233 e. The van der Waals surface area contributed by atoms with E-state index in [9.17, 15) is 14.4 Å². The molecule has 1 aromatic heterocycles. The number of amides is 3. The highest BCUT2D eigenvalue weighted by molar-refractivity contribution is 7.14. The van der Waals surface area contributed by atoms with Crippen molar-refractivity contribution >= 4 is 34.2 Å². The Morgan fingerprint density at radius 2 is 1.70 bits per heavy atom. The lowest BCUT2D eigenvalue weighted by Gasteiger charge is -2.14. The number of nitrogens with zero attached hydrogens (tertiary/aromatic N) is 2. The molecule has 0 radical (unpaired) electrons. The summed E-state index contributed by atoms with van der Waals surface area (Å²) in [6, 6.07) is 4.24. The lowest BCUT2D eigenvalue weighted by atomic mass is 9.85. The van der Waals surface area contributed by atoms with Crippen molar-refractivity contribution in [3.8, 4) is 11.3 Å². The molecule has 0 unspecified atom stereocenters. The summed E-state index contributed by atoms with van der Waals surface area (Å²) in [5, 5.41) is 5.26. The van der Waals surface area contributed by atoms with Crippen molar-refractivity contribution in [2.24, 2.45) is 11.8 Å². The van der Waals surface area contributed by atoms with Gasteiger partial charge in [0.2, 0.25) is 17.7 Å². The Hall–Kier alpha value is -2.80. The number of aromatic nitrogens is 1. The van der Waals surface area contributed by atoms with Crippen molar-refractivity contribution in [3.05, 3.63) is 46.4 Å². The van der Waals surface area contributed by atoms with Crippen molar-refractivity contribution in [3.63, 3.8) is 0 Å². The Labute approximate surface area is 180 Å². The number of anilines is 1. The zero-order chi connectivity index (χ0) is 21.4. The number of hydrogen-bond acceptors (Lipinski definition) is 5. The summed E-state index contributed by atoms with van der Waals surface area (Å²) in [7, 11) is 0.